The Balaban J connectivity index is 1.58. The van der Waals surface area contributed by atoms with E-state index in [-0.39, 0.29) is 5.82 Å². The highest BCUT2D eigenvalue weighted by Gasteiger charge is 2.20. The number of rotatable bonds is 6. The van der Waals surface area contributed by atoms with Crippen molar-refractivity contribution in [3.05, 3.63) is 81.5 Å². The smallest absolute Gasteiger partial charge is 0.158 e. The number of anilines is 2. The van der Waals surface area contributed by atoms with Crippen LogP contribution in [0.2, 0.25) is 5.02 Å². The second-order valence-corrected chi connectivity index (χ2v) is 8.97. The van der Waals surface area contributed by atoms with Gasteiger partial charge in [0.2, 0.25) is 0 Å². The Kier molecular flexibility index (Phi) is 6.45. The lowest BCUT2D eigenvalue weighted by Gasteiger charge is -2.26. The number of halogens is 2. The van der Waals surface area contributed by atoms with E-state index in [1.165, 1.54) is 6.07 Å². The van der Waals surface area contributed by atoms with Gasteiger partial charge in [0.15, 0.2) is 11.5 Å². The molecule has 1 saturated heterocycles. The zero-order chi connectivity index (χ0) is 23.7. The van der Waals surface area contributed by atoms with Gasteiger partial charge < -0.3 is 10.1 Å². The van der Waals surface area contributed by atoms with Gasteiger partial charge in [-0.15, -0.1) is 5.10 Å². The molecule has 4 aromatic rings. The van der Waals surface area contributed by atoms with E-state index in [9.17, 15) is 4.39 Å². The lowest BCUT2D eigenvalue weighted by Crippen LogP contribution is -2.35. The van der Waals surface area contributed by atoms with Crippen LogP contribution in [-0.4, -0.2) is 50.8 Å². The molecular formula is C25H26ClFN6O. The maximum Gasteiger partial charge on any atom is 0.158 e. The summed E-state index contributed by atoms with van der Waals surface area (Å²) in [7, 11) is 0. The standard InChI is InChI=1S/C25H26ClFN6O/c1-16-4-3-7-28-24(16)30-23-13-19(15-32-8-10-34-11-9-32)25-29-17(2)22(33(25)31-23)12-18-5-6-20(26)14-21(18)27/h3-7,13-14H,8-12,15H2,1-2H3,(H,28,30,31). The molecule has 1 aliphatic rings. The van der Waals surface area contributed by atoms with Crippen molar-refractivity contribution in [2.24, 2.45) is 0 Å². The molecule has 0 aliphatic carbocycles. The van der Waals surface area contributed by atoms with E-state index in [0.29, 0.717) is 36.0 Å². The monoisotopic (exact) mass is 480 g/mol. The molecule has 34 heavy (non-hydrogen) atoms. The Bertz CT molecular complexity index is 1330. The molecule has 1 N–H and O–H groups in total. The SMILES string of the molecule is Cc1cccnc1Nc1cc(CN2CCOCC2)c2nc(C)c(Cc3ccc(Cl)cc3F)n2n1. The molecule has 0 radical (unpaired) electrons. The van der Waals surface area contributed by atoms with Crippen molar-refractivity contribution in [3.8, 4) is 0 Å². The average molecular weight is 481 g/mol. The number of aromatic nitrogens is 4. The van der Waals surface area contributed by atoms with E-state index in [0.717, 1.165) is 53.6 Å². The van der Waals surface area contributed by atoms with E-state index in [1.807, 2.05) is 36.6 Å². The van der Waals surface area contributed by atoms with Gasteiger partial charge in [-0.1, -0.05) is 23.7 Å². The van der Waals surface area contributed by atoms with Crippen LogP contribution in [0.25, 0.3) is 5.65 Å². The Hall–Kier alpha value is -3.07. The van der Waals surface area contributed by atoms with Crippen LogP contribution < -0.4 is 5.32 Å². The fourth-order valence-corrected chi connectivity index (χ4v) is 4.36. The molecule has 0 bridgehead atoms. The van der Waals surface area contributed by atoms with Crippen molar-refractivity contribution in [1.29, 1.82) is 0 Å². The molecule has 0 saturated carbocycles. The molecule has 0 spiro atoms. The van der Waals surface area contributed by atoms with Crippen LogP contribution in [-0.2, 0) is 17.7 Å². The van der Waals surface area contributed by atoms with E-state index >= 15 is 0 Å². The van der Waals surface area contributed by atoms with Crippen molar-refractivity contribution >= 4 is 28.9 Å². The number of nitrogens with zero attached hydrogens (tertiary/aromatic N) is 5. The molecule has 0 amide bonds. The van der Waals surface area contributed by atoms with Crippen LogP contribution in [0.15, 0.2) is 42.6 Å². The summed E-state index contributed by atoms with van der Waals surface area (Å²) in [5, 5.41) is 8.57. The summed E-state index contributed by atoms with van der Waals surface area (Å²) >= 11 is 5.95. The molecule has 176 valence electrons. The van der Waals surface area contributed by atoms with Crippen LogP contribution >= 0.6 is 11.6 Å². The van der Waals surface area contributed by atoms with Gasteiger partial charge in [0.1, 0.15) is 11.6 Å². The summed E-state index contributed by atoms with van der Waals surface area (Å²) in [6.07, 6.45) is 2.10. The van der Waals surface area contributed by atoms with Crippen LogP contribution in [0.3, 0.4) is 0 Å². The van der Waals surface area contributed by atoms with Crippen molar-refractivity contribution in [3.63, 3.8) is 0 Å². The first-order chi connectivity index (χ1) is 16.5. The zero-order valence-electron chi connectivity index (χ0n) is 19.2. The van der Waals surface area contributed by atoms with Crippen LogP contribution in [0, 0.1) is 19.7 Å². The first-order valence-corrected chi connectivity index (χ1v) is 11.7. The van der Waals surface area contributed by atoms with Crippen molar-refractivity contribution in [2.45, 2.75) is 26.8 Å². The van der Waals surface area contributed by atoms with E-state index < -0.39 is 0 Å². The quantitative estimate of drug-likeness (QED) is 0.431. The van der Waals surface area contributed by atoms with Gasteiger partial charge in [0.25, 0.3) is 0 Å². The molecule has 9 heteroatoms. The number of nitrogens with one attached hydrogen (secondary N) is 1. The maximum absolute atomic E-state index is 14.6. The number of aryl methyl sites for hydroxylation is 2. The van der Waals surface area contributed by atoms with Crippen LogP contribution in [0.1, 0.15) is 28.1 Å². The first kappa shape index (κ1) is 22.7. The van der Waals surface area contributed by atoms with Crippen LogP contribution in [0.4, 0.5) is 16.0 Å². The highest BCUT2D eigenvalue weighted by atomic mass is 35.5. The number of pyridine rings is 1. The lowest BCUT2D eigenvalue weighted by molar-refractivity contribution is 0.0343. The molecule has 4 heterocycles. The summed E-state index contributed by atoms with van der Waals surface area (Å²) in [5.74, 6) is 1.07. The molecule has 7 nitrogen and oxygen atoms in total. The number of fused-ring (bicyclic) bond motifs is 1. The normalized spacial score (nSPS) is 14.6. The van der Waals surface area contributed by atoms with Crippen molar-refractivity contribution < 1.29 is 9.13 Å². The maximum atomic E-state index is 14.6. The second-order valence-electron chi connectivity index (χ2n) is 8.53. The van der Waals surface area contributed by atoms with Gasteiger partial charge in [-0.2, -0.15) is 0 Å². The van der Waals surface area contributed by atoms with Gasteiger partial charge in [-0.25, -0.2) is 18.9 Å². The molecule has 0 atom stereocenters. The molecular weight excluding hydrogens is 455 g/mol. The summed E-state index contributed by atoms with van der Waals surface area (Å²) in [6, 6.07) is 10.7. The van der Waals surface area contributed by atoms with Crippen molar-refractivity contribution in [1.82, 2.24) is 24.5 Å². The number of benzene rings is 1. The Morgan fingerprint density at radius 3 is 2.71 bits per heavy atom. The highest BCUT2D eigenvalue weighted by molar-refractivity contribution is 6.30. The second kappa shape index (κ2) is 9.66. The minimum Gasteiger partial charge on any atom is -0.379 e. The number of imidazole rings is 1. The molecule has 5 rings (SSSR count). The van der Waals surface area contributed by atoms with Gasteiger partial charge in [-0.3, -0.25) is 4.90 Å². The largest absolute Gasteiger partial charge is 0.379 e. The van der Waals surface area contributed by atoms with Crippen molar-refractivity contribution in [2.75, 3.05) is 31.6 Å². The predicted molar refractivity (Wildman–Crippen MR) is 130 cm³/mol. The Labute approximate surface area is 202 Å². The fraction of sp³-hybridized carbons (Fsp3) is 0.320. The first-order valence-electron chi connectivity index (χ1n) is 11.3. The molecule has 1 aromatic carbocycles. The third kappa shape index (κ3) is 4.75. The van der Waals surface area contributed by atoms with Crippen LogP contribution in [0.5, 0.6) is 0 Å². The third-order valence-electron chi connectivity index (χ3n) is 6.08. The molecule has 1 aliphatic heterocycles. The summed E-state index contributed by atoms with van der Waals surface area (Å²) in [6.45, 7) is 7.81. The average Bonchev–Trinajstić information content (AvgIpc) is 3.13. The number of hydrogen-bond donors (Lipinski definition) is 1. The lowest BCUT2D eigenvalue weighted by atomic mass is 10.1. The number of morpholine rings is 1. The fourth-order valence-electron chi connectivity index (χ4n) is 4.20. The highest BCUT2D eigenvalue weighted by Crippen LogP contribution is 2.25. The number of hydrogen-bond acceptors (Lipinski definition) is 6. The topological polar surface area (TPSA) is 67.6 Å². The Morgan fingerprint density at radius 2 is 1.94 bits per heavy atom. The van der Waals surface area contributed by atoms with Gasteiger partial charge in [-0.05, 0) is 49.2 Å². The third-order valence-corrected chi connectivity index (χ3v) is 6.32. The number of ether oxygens (including phenoxy) is 1. The van der Waals surface area contributed by atoms with Gasteiger partial charge >= 0.3 is 0 Å². The van der Waals surface area contributed by atoms with Gasteiger partial charge in [0.05, 0.1) is 24.6 Å². The minimum absolute atomic E-state index is 0.339. The molecule has 0 unspecified atom stereocenters. The van der Waals surface area contributed by atoms with E-state index in [2.05, 4.69) is 15.2 Å². The van der Waals surface area contributed by atoms with E-state index in [4.69, 9.17) is 26.4 Å². The van der Waals surface area contributed by atoms with E-state index in [1.54, 1.807) is 18.3 Å². The zero-order valence-corrected chi connectivity index (χ0v) is 19.9. The predicted octanol–water partition coefficient (Wildman–Crippen LogP) is 4.70. The summed E-state index contributed by atoms with van der Waals surface area (Å²) in [5.41, 5.74) is 5.03. The van der Waals surface area contributed by atoms with Gasteiger partial charge in [0, 0.05) is 42.8 Å². The minimum atomic E-state index is -0.339. The summed E-state index contributed by atoms with van der Waals surface area (Å²) in [4.78, 5) is 11.6. The molecule has 3 aromatic heterocycles. The Morgan fingerprint density at radius 1 is 1.12 bits per heavy atom. The summed E-state index contributed by atoms with van der Waals surface area (Å²) < 4.78 is 21.9. The molecule has 1 fully saturated rings.